The molecule has 144 valence electrons. The van der Waals surface area contributed by atoms with Gasteiger partial charge in [-0.1, -0.05) is 12.1 Å². The van der Waals surface area contributed by atoms with Crippen LogP contribution in [-0.2, 0) is 23.3 Å². The molecular weight excluding hydrogens is 369 g/mol. The average Bonchev–Trinajstić information content (AvgIpc) is 3.06. The van der Waals surface area contributed by atoms with E-state index in [1.807, 2.05) is 6.07 Å². The van der Waals surface area contributed by atoms with Crippen LogP contribution < -0.4 is 5.32 Å². The maximum Gasteiger partial charge on any atom is 0.240 e. The quantitative estimate of drug-likeness (QED) is 0.729. The number of aromatic nitrogens is 2. The molecule has 0 unspecified atom stereocenters. The Morgan fingerprint density at radius 2 is 1.96 bits per heavy atom. The molecule has 0 fully saturated rings. The Bertz CT molecular complexity index is 1100. The van der Waals surface area contributed by atoms with Gasteiger partial charge >= 0.3 is 0 Å². The molecule has 0 atom stereocenters. The fraction of sp³-hybridized carbons (Fsp3) is 0.250. The van der Waals surface area contributed by atoms with Gasteiger partial charge in [-0.3, -0.25) is 4.79 Å². The van der Waals surface area contributed by atoms with E-state index < -0.39 is 28.8 Å². The van der Waals surface area contributed by atoms with Crippen molar-refractivity contribution in [3.8, 4) is 6.07 Å². The maximum atomic E-state index is 14.3. The Kier molecular flexibility index (Phi) is 5.10. The maximum absolute atomic E-state index is 14.3. The van der Waals surface area contributed by atoms with Crippen molar-refractivity contribution in [2.45, 2.75) is 32.4 Å². The van der Waals surface area contributed by atoms with Crippen LogP contribution in [0.2, 0.25) is 0 Å². The van der Waals surface area contributed by atoms with Crippen molar-refractivity contribution < 1.29 is 18.0 Å². The minimum Gasteiger partial charge on any atom is -0.350 e. The summed E-state index contributed by atoms with van der Waals surface area (Å²) < 4.78 is 42.9. The van der Waals surface area contributed by atoms with E-state index in [0.29, 0.717) is 5.56 Å². The van der Waals surface area contributed by atoms with Crippen molar-refractivity contribution in [1.29, 1.82) is 5.26 Å². The van der Waals surface area contributed by atoms with Crippen LogP contribution in [0.3, 0.4) is 0 Å². The van der Waals surface area contributed by atoms with Crippen molar-refractivity contribution in [3.05, 3.63) is 65.2 Å². The van der Waals surface area contributed by atoms with E-state index in [0.717, 1.165) is 6.07 Å². The monoisotopic (exact) mass is 386 g/mol. The highest BCUT2D eigenvalue weighted by molar-refractivity contribution is 5.81. The smallest absolute Gasteiger partial charge is 0.240 e. The van der Waals surface area contributed by atoms with Crippen LogP contribution in [0, 0.1) is 28.8 Å². The molecule has 0 aliphatic rings. The summed E-state index contributed by atoms with van der Waals surface area (Å²) in [6.07, 6.45) is 1.26. The summed E-state index contributed by atoms with van der Waals surface area (Å²) in [6, 6.07) is 8.74. The fourth-order valence-corrected chi connectivity index (χ4v) is 2.86. The Labute approximate surface area is 159 Å². The molecule has 28 heavy (non-hydrogen) atoms. The lowest BCUT2D eigenvalue weighted by molar-refractivity contribution is -0.121. The zero-order chi connectivity index (χ0) is 20.5. The fourth-order valence-electron chi connectivity index (χ4n) is 2.86. The van der Waals surface area contributed by atoms with E-state index in [1.54, 1.807) is 19.9 Å². The van der Waals surface area contributed by atoms with E-state index in [1.165, 1.54) is 29.1 Å². The van der Waals surface area contributed by atoms with Gasteiger partial charge in [0.15, 0.2) is 11.6 Å². The Balaban J connectivity index is 1.70. The molecule has 2 aromatic carbocycles. The van der Waals surface area contributed by atoms with E-state index in [9.17, 15) is 18.0 Å². The molecule has 0 aliphatic carbocycles. The molecule has 0 saturated heterocycles. The molecule has 3 rings (SSSR count). The van der Waals surface area contributed by atoms with Crippen LogP contribution in [0.4, 0.5) is 13.2 Å². The zero-order valence-electron chi connectivity index (χ0n) is 15.3. The number of hydrogen-bond donors (Lipinski definition) is 1. The van der Waals surface area contributed by atoms with Crippen molar-refractivity contribution in [2.24, 2.45) is 0 Å². The van der Waals surface area contributed by atoms with E-state index >= 15 is 0 Å². The first-order valence-corrected chi connectivity index (χ1v) is 8.48. The van der Waals surface area contributed by atoms with Gasteiger partial charge in [-0.15, -0.1) is 0 Å². The molecule has 0 radical (unpaired) electrons. The summed E-state index contributed by atoms with van der Waals surface area (Å²) in [5.41, 5.74) is -0.0366. The zero-order valence-corrected chi connectivity index (χ0v) is 15.3. The lowest BCUT2D eigenvalue weighted by Crippen LogP contribution is -2.27. The first kappa shape index (κ1) is 19.4. The summed E-state index contributed by atoms with van der Waals surface area (Å²) >= 11 is 0. The van der Waals surface area contributed by atoms with Gasteiger partial charge in [-0.2, -0.15) is 5.26 Å². The second-order valence-corrected chi connectivity index (χ2v) is 6.93. The number of nitriles is 1. The third-order valence-electron chi connectivity index (χ3n) is 4.46. The highest BCUT2D eigenvalue weighted by Crippen LogP contribution is 2.25. The van der Waals surface area contributed by atoms with E-state index in [-0.39, 0.29) is 29.7 Å². The Hall–Kier alpha value is -3.34. The van der Waals surface area contributed by atoms with Crippen LogP contribution in [0.25, 0.3) is 11.0 Å². The molecule has 1 N–H and O–H groups in total. The standard InChI is InChI=1S/C20H17F3N4O/c1-20(2,10-24)13-4-3-12(7-15(13)22)8-25-17(28)9-27-11-26-16-6-5-14(21)18(23)19(16)27/h3-7,11H,8-9H2,1-2H3,(H,25,28). The number of hydrogen-bond acceptors (Lipinski definition) is 3. The molecule has 0 saturated carbocycles. The van der Waals surface area contributed by atoms with Gasteiger partial charge in [0, 0.05) is 12.1 Å². The molecule has 0 bridgehead atoms. The number of carbonyl (C=O) groups excluding carboxylic acids is 1. The predicted molar refractivity (Wildman–Crippen MR) is 96.5 cm³/mol. The largest absolute Gasteiger partial charge is 0.350 e. The molecule has 5 nitrogen and oxygen atoms in total. The van der Waals surface area contributed by atoms with E-state index in [4.69, 9.17) is 5.26 Å². The lowest BCUT2D eigenvalue weighted by Gasteiger charge is -2.17. The third kappa shape index (κ3) is 3.69. The number of halogens is 3. The number of rotatable bonds is 5. The van der Waals surface area contributed by atoms with Crippen molar-refractivity contribution >= 4 is 16.9 Å². The Morgan fingerprint density at radius 3 is 2.64 bits per heavy atom. The summed E-state index contributed by atoms with van der Waals surface area (Å²) in [5.74, 6) is -3.09. The SMILES string of the molecule is CC(C)(C#N)c1ccc(CNC(=O)Cn2cnc3ccc(F)c(F)c32)cc1F. The molecular formula is C20H17F3N4O. The van der Waals surface area contributed by atoms with Gasteiger partial charge in [0.05, 0.1) is 23.3 Å². The minimum atomic E-state index is -1.07. The Morgan fingerprint density at radius 1 is 1.21 bits per heavy atom. The van der Waals surface area contributed by atoms with Gasteiger partial charge in [-0.05, 0) is 37.6 Å². The molecule has 1 amide bonds. The summed E-state index contributed by atoms with van der Waals surface area (Å²) in [7, 11) is 0. The highest BCUT2D eigenvalue weighted by atomic mass is 19.2. The summed E-state index contributed by atoms with van der Waals surface area (Å²) in [6.45, 7) is 3.01. The molecule has 1 heterocycles. The minimum absolute atomic E-state index is 0.0481. The van der Waals surface area contributed by atoms with Crippen LogP contribution in [-0.4, -0.2) is 15.5 Å². The summed E-state index contributed by atoms with van der Waals surface area (Å²) in [5, 5.41) is 11.7. The lowest BCUT2D eigenvalue weighted by atomic mass is 9.85. The highest BCUT2D eigenvalue weighted by Gasteiger charge is 2.23. The van der Waals surface area contributed by atoms with Gasteiger partial charge in [0.2, 0.25) is 5.91 Å². The van der Waals surface area contributed by atoms with Crippen LogP contribution in [0.5, 0.6) is 0 Å². The molecule has 0 spiro atoms. The predicted octanol–water partition coefficient (Wildman–Crippen LogP) is 3.57. The first-order valence-electron chi connectivity index (χ1n) is 8.48. The van der Waals surface area contributed by atoms with Crippen LogP contribution >= 0.6 is 0 Å². The van der Waals surface area contributed by atoms with Crippen LogP contribution in [0.15, 0.2) is 36.7 Å². The third-order valence-corrected chi connectivity index (χ3v) is 4.46. The van der Waals surface area contributed by atoms with Gasteiger partial charge in [-0.25, -0.2) is 18.2 Å². The number of imidazole rings is 1. The number of amides is 1. The number of benzene rings is 2. The van der Waals surface area contributed by atoms with Crippen molar-refractivity contribution in [3.63, 3.8) is 0 Å². The number of nitrogens with zero attached hydrogens (tertiary/aromatic N) is 3. The summed E-state index contributed by atoms with van der Waals surface area (Å²) in [4.78, 5) is 16.1. The second kappa shape index (κ2) is 7.35. The normalized spacial score (nSPS) is 11.4. The average molecular weight is 386 g/mol. The molecule has 0 aliphatic heterocycles. The van der Waals surface area contributed by atoms with Gasteiger partial charge in [0.1, 0.15) is 17.9 Å². The number of fused-ring (bicyclic) bond motifs is 1. The first-order chi connectivity index (χ1) is 13.2. The van der Waals surface area contributed by atoms with Crippen molar-refractivity contribution in [2.75, 3.05) is 0 Å². The van der Waals surface area contributed by atoms with E-state index in [2.05, 4.69) is 10.3 Å². The number of nitrogens with one attached hydrogen (secondary N) is 1. The van der Waals surface area contributed by atoms with Gasteiger partial charge < -0.3 is 9.88 Å². The number of carbonyl (C=O) groups is 1. The topological polar surface area (TPSA) is 70.7 Å². The molecule has 1 aromatic heterocycles. The molecule has 8 heteroatoms. The molecule has 3 aromatic rings. The second-order valence-electron chi connectivity index (χ2n) is 6.93. The van der Waals surface area contributed by atoms with Crippen LogP contribution in [0.1, 0.15) is 25.0 Å². The van der Waals surface area contributed by atoms with Gasteiger partial charge in [0.25, 0.3) is 0 Å². The van der Waals surface area contributed by atoms with Crippen molar-refractivity contribution in [1.82, 2.24) is 14.9 Å².